The molecule has 1 fully saturated rings. The summed E-state index contributed by atoms with van der Waals surface area (Å²) in [7, 11) is -3.14. The summed E-state index contributed by atoms with van der Waals surface area (Å²) in [5.74, 6) is -2.29. The van der Waals surface area contributed by atoms with E-state index in [9.17, 15) is 22.0 Å². The molecule has 0 aliphatic carbocycles. The van der Waals surface area contributed by atoms with Crippen LogP contribution in [0.25, 0.3) is 0 Å². The summed E-state index contributed by atoms with van der Waals surface area (Å²) in [5.41, 5.74) is -0.160. The van der Waals surface area contributed by atoms with Crippen molar-refractivity contribution >= 4 is 37.4 Å². The molecule has 1 heterocycles. The van der Waals surface area contributed by atoms with Gasteiger partial charge in [0.15, 0.2) is 9.84 Å². The van der Waals surface area contributed by atoms with Gasteiger partial charge >= 0.3 is 0 Å². The molecular formula is C12H13BrF2N2O3S. The molecule has 2 rings (SSSR count). The molecule has 1 aliphatic rings. The molecule has 0 radical (unpaired) electrons. The Morgan fingerprint density at radius 2 is 2.10 bits per heavy atom. The molecule has 1 amide bonds. The van der Waals surface area contributed by atoms with E-state index in [0.29, 0.717) is 6.07 Å². The van der Waals surface area contributed by atoms with Crippen LogP contribution in [0.2, 0.25) is 0 Å². The Bertz CT molecular complexity index is 667. The number of rotatable bonds is 3. The van der Waals surface area contributed by atoms with Gasteiger partial charge in [0.05, 0.1) is 21.7 Å². The van der Waals surface area contributed by atoms with Crippen molar-refractivity contribution in [2.45, 2.75) is 12.5 Å². The van der Waals surface area contributed by atoms with E-state index in [-0.39, 0.29) is 34.6 Å². The largest absolute Gasteiger partial charge is 0.324 e. The highest BCUT2D eigenvalue weighted by atomic mass is 79.9. The van der Waals surface area contributed by atoms with E-state index in [1.165, 1.54) is 0 Å². The van der Waals surface area contributed by atoms with Gasteiger partial charge in [-0.25, -0.2) is 17.2 Å². The SMILES string of the molecule is O=C(CC1CS(=O)(=O)CCN1)Nc1cc(Br)c(F)cc1F. The molecule has 9 heteroatoms. The van der Waals surface area contributed by atoms with Gasteiger partial charge in [-0.1, -0.05) is 0 Å². The first kappa shape index (κ1) is 16.3. The molecule has 0 saturated carbocycles. The summed E-state index contributed by atoms with van der Waals surface area (Å²) in [5, 5.41) is 5.23. The number of carbonyl (C=O) groups is 1. The second-order valence-corrected chi connectivity index (χ2v) is 7.85. The predicted molar refractivity (Wildman–Crippen MR) is 77.7 cm³/mol. The molecule has 0 bridgehead atoms. The van der Waals surface area contributed by atoms with E-state index in [1.54, 1.807) is 0 Å². The van der Waals surface area contributed by atoms with Gasteiger partial charge < -0.3 is 10.6 Å². The van der Waals surface area contributed by atoms with Crippen molar-refractivity contribution in [1.82, 2.24) is 5.32 Å². The highest BCUT2D eigenvalue weighted by Gasteiger charge is 2.26. The van der Waals surface area contributed by atoms with Crippen LogP contribution in [0.15, 0.2) is 16.6 Å². The number of hydrogen-bond donors (Lipinski definition) is 2. The lowest BCUT2D eigenvalue weighted by atomic mass is 10.2. The Hall–Kier alpha value is -1.06. The van der Waals surface area contributed by atoms with E-state index in [1.807, 2.05) is 0 Å². The Morgan fingerprint density at radius 3 is 2.76 bits per heavy atom. The number of carbonyl (C=O) groups excluding carboxylic acids is 1. The zero-order valence-electron chi connectivity index (χ0n) is 10.8. The minimum Gasteiger partial charge on any atom is -0.324 e. The topological polar surface area (TPSA) is 75.3 Å². The number of anilines is 1. The standard InChI is InChI=1S/C12H13BrF2N2O3S/c13-8-4-11(10(15)5-9(8)14)17-12(18)3-7-6-21(19,20)2-1-16-7/h4-5,7,16H,1-3,6H2,(H,17,18). The van der Waals surface area contributed by atoms with E-state index in [4.69, 9.17) is 0 Å². The van der Waals surface area contributed by atoms with Gasteiger partial charge in [0, 0.05) is 25.1 Å². The van der Waals surface area contributed by atoms with Gasteiger partial charge in [0.1, 0.15) is 11.6 Å². The van der Waals surface area contributed by atoms with Gasteiger partial charge in [-0.3, -0.25) is 4.79 Å². The predicted octanol–water partition coefficient (Wildman–Crippen LogP) is 1.44. The number of amides is 1. The zero-order valence-corrected chi connectivity index (χ0v) is 13.2. The zero-order chi connectivity index (χ0) is 15.6. The second kappa shape index (κ2) is 6.37. The third-order valence-corrected chi connectivity index (χ3v) is 5.36. The molecule has 1 aliphatic heterocycles. The molecule has 1 saturated heterocycles. The van der Waals surface area contributed by atoms with Crippen molar-refractivity contribution < 1.29 is 22.0 Å². The first-order valence-corrected chi connectivity index (χ1v) is 8.76. The van der Waals surface area contributed by atoms with Gasteiger partial charge in [-0.2, -0.15) is 0 Å². The fourth-order valence-electron chi connectivity index (χ4n) is 2.04. The van der Waals surface area contributed by atoms with Crippen LogP contribution in [-0.4, -0.2) is 38.4 Å². The molecular weight excluding hydrogens is 370 g/mol. The summed E-state index contributed by atoms with van der Waals surface area (Å²) >= 11 is 2.90. The van der Waals surface area contributed by atoms with Crippen molar-refractivity contribution in [2.24, 2.45) is 0 Å². The van der Waals surface area contributed by atoms with Crippen molar-refractivity contribution in [2.75, 3.05) is 23.4 Å². The third-order valence-electron chi connectivity index (χ3n) is 3.02. The summed E-state index contributed by atoms with van der Waals surface area (Å²) in [4.78, 5) is 11.8. The van der Waals surface area contributed by atoms with Gasteiger partial charge in [0.2, 0.25) is 5.91 Å². The molecule has 0 aromatic heterocycles. The summed E-state index contributed by atoms with van der Waals surface area (Å²) < 4.78 is 49.5. The quantitative estimate of drug-likeness (QED) is 0.775. The maximum absolute atomic E-state index is 13.5. The van der Waals surface area contributed by atoms with Crippen LogP contribution in [0.5, 0.6) is 0 Å². The number of hydrogen-bond acceptors (Lipinski definition) is 4. The molecule has 2 N–H and O–H groups in total. The minimum atomic E-state index is -3.14. The molecule has 1 unspecified atom stereocenters. The van der Waals surface area contributed by atoms with Crippen LogP contribution in [-0.2, 0) is 14.6 Å². The van der Waals surface area contributed by atoms with Gasteiger partial charge in [-0.15, -0.1) is 0 Å². The van der Waals surface area contributed by atoms with Gasteiger partial charge in [0.25, 0.3) is 0 Å². The van der Waals surface area contributed by atoms with Crippen molar-refractivity contribution in [3.8, 4) is 0 Å². The monoisotopic (exact) mass is 382 g/mol. The summed E-state index contributed by atoms with van der Waals surface area (Å²) in [6.45, 7) is 0.288. The lowest BCUT2D eigenvalue weighted by molar-refractivity contribution is -0.116. The Balaban J connectivity index is 2.01. The molecule has 1 aromatic carbocycles. The lowest BCUT2D eigenvalue weighted by Crippen LogP contribution is -2.46. The molecule has 116 valence electrons. The highest BCUT2D eigenvalue weighted by molar-refractivity contribution is 9.10. The second-order valence-electron chi connectivity index (χ2n) is 4.76. The summed E-state index contributed by atoms with van der Waals surface area (Å²) in [6.07, 6.45) is -0.104. The fraction of sp³-hybridized carbons (Fsp3) is 0.417. The molecule has 5 nitrogen and oxygen atoms in total. The molecule has 1 aromatic rings. The van der Waals surface area contributed by atoms with Crippen LogP contribution in [0.4, 0.5) is 14.5 Å². The maximum Gasteiger partial charge on any atom is 0.226 e. The minimum absolute atomic E-state index is 0.0255. The van der Waals surface area contributed by atoms with E-state index >= 15 is 0 Å². The van der Waals surface area contributed by atoms with Crippen LogP contribution < -0.4 is 10.6 Å². The third kappa shape index (κ3) is 4.45. The Labute approximate surface area is 129 Å². The molecule has 1 atom stereocenters. The average molecular weight is 383 g/mol. The van der Waals surface area contributed by atoms with Crippen molar-refractivity contribution in [3.63, 3.8) is 0 Å². The van der Waals surface area contributed by atoms with E-state index in [0.717, 1.165) is 6.07 Å². The lowest BCUT2D eigenvalue weighted by Gasteiger charge is -2.23. The first-order valence-electron chi connectivity index (χ1n) is 6.15. The normalized spacial score (nSPS) is 21.0. The van der Waals surface area contributed by atoms with Gasteiger partial charge in [-0.05, 0) is 22.0 Å². The number of nitrogens with one attached hydrogen (secondary N) is 2. The Morgan fingerprint density at radius 1 is 1.38 bits per heavy atom. The highest BCUT2D eigenvalue weighted by Crippen LogP contribution is 2.23. The van der Waals surface area contributed by atoms with Crippen LogP contribution in [0.1, 0.15) is 6.42 Å². The van der Waals surface area contributed by atoms with E-state index in [2.05, 4.69) is 26.6 Å². The van der Waals surface area contributed by atoms with Crippen molar-refractivity contribution in [3.05, 3.63) is 28.2 Å². The summed E-state index contributed by atoms with van der Waals surface area (Å²) in [6, 6.07) is 1.27. The van der Waals surface area contributed by atoms with E-state index < -0.39 is 33.4 Å². The van der Waals surface area contributed by atoms with Crippen LogP contribution >= 0.6 is 15.9 Å². The Kier molecular flexibility index (Phi) is 4.95. The molecule has 21 heavy (non-hydrogen) atoms. The van der Waals surface area contributed by atoms with Crippen molar-refractivity contribution in [1.29, 1.82) is 0 Å². The maximum atomic E-state index is 13.5. The smallest absolute Gasteiger partial charge is 0.226 e. The number of halogens is 3. The molecule has 0 spiro atoms. The number of benzene rings is 1. The van der Waals surface area contributed by atoms with Crippen LogP contribution in [0.3, 0.4) is 0 Å². The fourth-order valence-corrected chi connectivity index (χ4v) is 3.83. The number of sulfone groups is 1. The first-order chi connectivity index (χ1) is 9.77. The van der Waals surface area contributed by atoms with Crippen LogP contribution in [0, 0.1) is 11.6 Å². The average Bonchev–Trinajstić information content (AvgIpc) is 2.34.